The summed E-state index contributed by atoms with van der Waals surface area (Å²) in [4.78, 5) is 32.8. The normalized spacial score (nSPS) is 17.4. The largest absolute Gasteiger partial charge is 0.490 e. The molecule has 1 saturated carbocycles. The van der Waals surface area contributed by atoms with Crippen molar-refractivity contribution in [2.75, 3.05) is 11.5 Å². The fourth-order valence-corrected chi connectivity index (χ4v) is 8.34. The molecule has 4 rings (SSSR count). The lowest BCUT2D eigenvalue weighted by Gasteiger charge is -2.42. The van der Waals surface area contributed by atoms with E-state index >= 15 is 4.39 Å². The Morgan fingerprint density at radius 2 is 1.34 bits per heavy atom. The van der Waals surface area contributed by atoms with Gasteiger partial charge in [0.2, 0.25) is 0 Å². The number of halogens is 5. The molecule has 1 atom stereocenters. The van der Waals surface area contributed by atoms with Gasteiger partial charge in [-0.25, -0.2) is 23.4 Å². The van der Waals surface area contributed by atoms with Crippen molar-refractivity contribution >= 4 is 45.4 Å². The summed E-state index contributed by atoms with van der Waals surface area (Å²) in [5.74, 6) is -2.25. The third-order valence-electron chi connectivity index (χ3n) is 11.7. The molecule has 17 heteroatoms. The lowest BCUT2D eigenvalue weighted by molar-refractivity contribution is -0.140. The molecule has 1 N–H and O–H groups in total. The van der Waals surface area contributed by atoms with E-state index in [1.54, 1.807) is 41.5 Å². The van der Waals surface area contributed by atoms with Crippen molar-refractivity contribution in [3.05, 3.63) is 64.9 Å². The Labute approximate surface area is 365 Å². The number of carbonyl (C=O) groups is 2. The second kappa shape index (κ2) is 18.1. The second-order valence-electron chi connectivity index (χ2n) is 21.2. The molecule has 2 aromatic carbocycles. The number of pyridine rings is 1. The number of amides is 2. The minimum Gasteiger partial charge on any atom is -0.490 e. The Morgan fingerprint density at radius 3 is 1.84 bits per heavy atom. The van der Waals surface area contributed by atoms with Crippen LogP contribution in [0.1, 0.15) is 119 Å². The molecule has 1 unspecified atom stereocenters. The number of carbonyl (C=O) groups excluding carboxylic acids is 2. The number of benzene rings is 2. The van der Waals surface area contributed by atoms with Gasteiger partial charge in [-0.15, -0.1) is 0 Å². The minimum atomic E-state index is -4.88. The molecule has 0 radical (unpaired) electrons. The van der Waals surface area contributed by atoms with Crippen LogP contribution < -0.4 is 15.0 Å². The summed E-state index contributed by atoms with van der Waals surface area (Å²) in [6.45, 7) is 31.3. The van der Waals surface area contributed by atoms with Crippen molar-refractivity contribution in [2.45, 2.75) is 174 Å². The highest BCUT2D eigenvalue weighted by Crippen LogP contribution is 2.44. The second-order valence-corrected chi connectivity index (χ2v) is 30.7. The fourth-order valence-electron chi connectivity index (χ4n) is 6.08. The van der Waals surface area contributed by atoms with Crippen LogP contribution in [0, 0.1) is 11.6 Å². The van der Waals surface area contributed by atoms with Gasteiger partial charge in [-0.05, 0) is 132 Å². The highest BCUT2D eigenvalue weighted by Gasteiger charge is 2.43. The van der Waals surface area contributed by atoms with Crippen LogP contribution in [0.5, 0.6) is 5.75 Å². The molecule has 346 valence electrons. The number of aromatic nitrogens is 1. The van der Waals surface area contributed by atoms with Crippen LogP contribution in [0.15, 0.2) is 36.5 Å². The highest BCUT2D eigenvalue weighted by molar-refractivity contribution is 6.74. The van der Waals surface area contributed by atoms with E-state index in [1.165, 1.54) is 18.3 Å². The van der Waals surface area contributed by atoms with Crippen molar-refractivity contribution in [1.82, 2.24) is 10.3 Å². The summed E-state index contributed by atoms with van der Waals surface area (Å²) in [5.41, 5.74) is -2.72. The number of anilines is 1. The van der Waals surface area contributed by atoms with Crippen LogP contribution in [0.25, 0.3) is 10.8 Å². The Kier molecular flexibility index (Phi) is 14.9. The smallest absolute Gasteiger partial charge is 0.425 e. The maximum absolute atomic E-state index is 17.0. The molecule has 10 nitrogen and oxygen atoms in total. The Bertz CT molecular complexity index is 2070. The molecule has 1 aromatic heterocycles. The molecule has 0 aliphatic heterocycles. The summed E-state index contributed by atoms with van der Waals surface area (Å²) in [5, 5.41) is 3.84. The molecule has 62 heavy (non-hydrogen) atoms. The van der Waals surface area contributed by atoms with Crippen LogP contribution in [0.2, 0.25) is 36.3 Å². The van der Waals surface area contributed by atoms with Gasteiger partial charge in [-0.2, -0.15) is 18.1 Å². The van der Waals surface area contributed by atoms with Crippen LogP contribution in [0.3, 0.4) is 0 Å². The first kappa shape index (κ1) is 51.0. The minimum absolute atomic E-state index is 0.0225. The molecule has 1 fully saturated rings. The molecule has 2 amide bonds. The van der Waals surface area contributed by atoms with Gasteiger partial charge in [0.25, 0.3) is 0 Å². The first-order chi connectivity index (χ1) is 28.0. The fraction of sp³-hybridized carbons (Fsp3) is 0.622. The SMILES string of the molecule is CC(C)(C)OC(=O)N(C(=O)OC(C)(C)C)c1cc2c(CNC3CC(Oc4ccc(F)c(C(F)(F)F)c4)C3)c(F)cc(C(CO[Si](C)(C)C(C)(C)C)O[Si](C)(C)C(C)(C)C)c2cn1. The zero-order chi connectivity index (χ0) is 47.2. The number of hydrogen-bond donors (Lipinski definition) is 1. The summed E-state index contributed by atoms with van der Waals surface area (Å²) in [6.07, 6.45) is -5.91. The maximum Gasteiger partial charge on any atom is 0.425 e. The van der Waals surface area contributed by atoms with Crippen LogP contribution in [-0.4, -0.2) is 63.8 Å². The van der Waals surface area contributed by atoms with Gasteiger partial charge in [0.15, 0.2) is 16.6 Å². The average molecular weight is 912 g/mol. The number of ether oxygens (including phenoxy) is 3. The van der Waals surface area contributed by atoms with E-state index in [1.807, 2.05) is 0 Å². The standard InChI is InChI=1S/C45H66F5N3O7Si2/c1-41(2,3)58-39(54)53(40(55)59-42(4,5)6)38-23-30-32(24-52-38)31(37(60-62(15,16)44(10,11)12)26-56-61(13,14)43(7,8)9)22-36(47)33(30)25-51-27-19-29(20-27)57-28-17-18-35(46)34(21-28)45(48,49)50/h17-18,21-24,27,29,37,51H,19-20,25-26H2,1-16H3. The quantitative estimate of drug-likeness (QED) is 0.140. The zero-order valence-electron chi connectivity index (χ0n) is 39.2. The number of rotatable bonds is 12. The molecular weight excluding hydrogens is 846 g/mol. The lowest BCUT2D eigenvalue weighted by atomic mass is 9.88. The van der Waals surface area contributed by atoms with E-state index in [-0.39, 0.29) is 46.4 Å². The van der Waals surface area contributed by atoms with Gasteiger partial charge in [0, 0.05) is 29.7 Å². The van der Waals surface area contributed by atoms with E-state index in [0.29, 0.717) is 40.1 Å². The predicted octanol–water partition coefficient (Wildman–Crippen LogP) is 13.0. The molecule has 0 spiro atoms. The summed E-state index contributed by atoms with van der Waals surface area (Å²) in [6, 6.07) is 5.20. The topological polar surface area (TPSA) is 108 Å². The number of nitrogens with zero attached hydrogens (tertiary/aromatic N) is 2. The third kappa shape index (κ3) is 12.8. The first-order valence-electron chi connectivity index (χ1n) is 21.0. The van der Waals surface area contributed by atoms with E-state index < -0.39 is 75.6 Å². The van der Waals surface area contributed by atoms with Crippen molar-refractivity contribution in [3.8, 4) is 5.75 Å². The summed E-state index contributed by atoms with van der Waals surface area (Å²) >= 11 is 0. The molecule has 1 aliphatic carbocycles. The molecule has 1 heterocycles. The van der Waals surface area contributed by atoms with Gasteiger partial charge < -0.3 is 28.4 Å². The lowest BCUT2D eigenvalue weighted by Crippen LogP contribution is -2.46. The van der Waals surface area contributed by atoms with Gasteiger partial charge >= 0.3 is 18.4 Å². The highest BCUT2D eigenvalue weighted by atomic mass is 28.4. The number of imide groups is 1. The number of nitrogens with one attached hydrogen (secondary N) is 1. The Balaban J connectivity index is 1.82. The number of hydrogen-bond acceptors (Lipinski definition) is 9. The van der Waals surface area contributed by atoms with E-state index in [2.05, 4.69) is 78.0 Å². The van der Waals surface area contributed by atoms with Crippen LogP contribution >= 0.6 is 0 Å². The van der Waals surface area contributed by atoms with Crippen molar-refractivity contribution in [3.63, 3.8) is 0 Å². The molecule has 1 aliphatic rings. The maximum atomic E-state index is 17.0. The third-order valence-corrected chi connectivity index (χ3v) is 20.7. The Morgan fingerprint density at radius 1 is 0.790 bits per heavy atom. The predicted molar refractivity (Wildman–Crippen MR) is 236 cm³/mol. The van der Waals surface area contributed by atoms with Crippen molar-refractivity contribution < 1.29 is 54.6 Å². The van der Waals surface area contributed by atoms with E-state index in [4.69, 9.17) is 23.1 Å². The summed E-state index contributed by atoms with van der Waals surface area (Å²) in [7, 11) is -4.87. The molecular formula is C45H66F5N3O7Si2. The van der Waals surface area contributed by atoms with E-state index in [0.717, 1.165) is 12.1 Å². The summed E-state index contributed by atoms with van der Waals surface area (Å²) < 4.78 is 102. The van der Waals surface area contributed by atoms with Gasteiger partial charge in [0.1, 0.15) is 40.5 Å². The van der Waals surface area contributed by atoms with Gasteiger partial charge in [-0.3, -0.25) is 0 Å². The van der Waals surface area contributed by atoms with Gasteiger partial charge in [0.05, 0.1) is 18.3 Å². The van der Waals surface area contributed by atoms with Crippen LogP contribution in [0.4, 0.5) is 37.4 Å². The van der Waals surface area contributed by atoms with E-state index in [9.17, 15) is 27.2 Å². The molecule has 0 saturated heterocycles. The number of fused-ring (bicyclic) bond motifs is 1. The zero-order valence-corrected chi connectivity index (χ0v) is 41.2. The van der Waals surface area contributed by atoms with Crippen molar-refractivity contribution in [1.29, 1.82) is 0 Å². The molecule has 3 aromatic rings. The first-order valence-corrected chi connectivity index (χ1v) is 26.8. The Hall–Kier alpha value is -3.65. The van der Waals surface area contributed by atoms with Crippen molar-refractivity contribution in [2.24, 2.45) is 0 Å². The monoisotopic (exact) mass is 911 g/mol. The molecule has 0 bridgehead atoms. The number of alkyl halides is 3. The van der Waals surface area contributed by atoms with Gasteiger partial charge in [-0.1, -0.05) is 41.5 Å². The average Bonchev–Trinajstić information content (AvgIpc) is 3.05. The van der Waals surface area contributed by atoms with Crippen LogP contribution in [-0.2, 0) is 31.0 Å².